The molecule has 38 heavy (non-hydrogen) atoms. The third-order valence-electron chi connectivity index (χ3n) is 7.66. The van der Waals surface area contributed by atoms with Crippen LogP contribution >= 0.6 is 0 Å². The normalized spacial score (nSPS) is 22.9. The zero-order valence-electron chi connectivity index (χ0n) is 23.6. The monoisotopic (exact) mass is 529 g/mol. The second kappa shape index (κ2) is 14.0. The Bertz CT molecular complexity index is 916. The maximum Gasteiger partial charge on any atom is 0.408 e. The Kier molecular flexibility index (Phi) is 11.0. The van der Waals surface area contributed by atoms with Gasteiger partial charge in [0.2, 0.25) is 5.91 Å². The molecule has 0 bridgehead atoms. The van der Waals surface area contributed by atoms with Crippen molar-refractivity contribution in [2.24, 2.45) is 0 Å². The maximum atomic E-state index is 12.9. The van der Waals surface area contributed by atoms with Gasteiger partial charge in [0.1, 0.15) is 18.2 Å². The molecule has 2 saturated carbocycles. The molecular weight excluding hydrogens is 482 g/mol. The Morgan fingerprint density at radius 1 is 0.974 bits per heavy atom. The van der Waals surface area contributed by atoms with Crippen LogP contribution in [0.25, 0.3) is 0 Å². The van der Waals surface area contributed by atoms with Crippen molar-refractivity contribution in [2.45, 2.75) is 128 Å². The molecule has 2 atom stereocenters. The second-order valence-corrected chi connectivity index (χ2v) is 12.0. The highest BCUT2D eigenvalue weighted by Crippen LogP contribution is 2.29. The van der Waals surface area contributed by atoms with Gasteiger partial charge >= 0.3 is 12.1 Å². The third-order valence-corrected chi connectivity index (χ3v) is 7.66. The number of carboxylic acids is 1. The molecule has 0 aromatic heterocycles. The summed E-state index contributed by atoms with van der Waals surface area (Å²) in [6.07, 6.45) is 13.9. The first kappa shape index (κ1) is 29.9. The van der Waals surface area contributed by atoms with Crippen LogP contribution in [-0.2, 0) is 20.9 Å². The average molecular weight is 530 g/mol. The van der Waals surface area contributed by atoms with Gasteiger partial charge in [-0.2, -0.15) is 0 Å². The summed E-state index contributed by atoms with van der Waals surface area (Å²) in [7, 11) is 0. The zero-order valence-corrected chi connectivity index (χ0v) is 23.6. The van der Waals surface area contributed by atoms with E-state index in [1.165, 1.54) is 69.1 Å². The summed E-state index contributed by atoms with van der Waals surface area (Å²) in [6, 6.07) is 8.31. The van der Waals surface area contributed by atoms with Crippen molar-refractivity contribution < 1.29 is 24.2 Å². The van der Waals surface area contributed by atoms with Crippen LogP contribution in [0.3, 0.4) is 0 Å². The van der Waals surface area contributed by atoms with E-state index in [9.17, 15) is 14.4 Å². The van der Waals surface area contributed by atoms with Gasteiger partial charge in [-0.15, -0.1) is 0 Å². The number of aliphatic carboxylic acids is 1. The van der Waals surface area contributed by atoms with E-state index in [0.29, 0.717) is 0 Å². The molecule has 3 N–H and O–H groups in total. The summed E-state index contributed by atoms with van der Waals surface area (Å²) >= 11 is 0. The number of nitrogens with zero attached hydrogens (tertiary/aromatic N) is 1. The highest BCUT2D eigenvalue weighted by Gasteiger charge is 2.37. The molecule has 3 aliphatic rings. The van der Waals surface area contributed by atoms with E-state index in [1.807, 2.05) is 31.2 Å². The molecule has 0 spiro atoms. The van der Waals surface area contributed by atoms with Crippen molar-refractivity contribution in [3.05, 3.63) is 35.4 Å². The lowest BCUT2D eigenvalue weighted by atomic mass is 9.91. The highest BCUT2D eigenvalue weighted by molar-refractivity contribution is 5.89. The summed E-state index contributed by atoms with van der Waals surface area (Å²) in [4.78, 5) is 37.4. The summed E-state index contributed by atoms with van der Waals surface area (Å²) in [5.74, 6) is -1.84. The van der Waals surface area contributed by atoms with Crippen LogP contribution in [0.2, 0.25) is 0 Å². The van der Waals surface area contributed by atoms with Gasteiger partial charge in [-0.25, -0.2) is 4.79 Å². The first-order valence-electron chi connectivity index (χ1n) is 14.4. The SMILES string of the molecule is C1CCC(NC2CCCCC2)CC1.C[C@@H]1c2ccccc2CN(CC(=O)O)C(=O)[C@H]1NC(=O)OC(C)(C)C. The van der Waals surface area contributed by atoms with Crippen LogP contribution < -0.4 is 10.6 Å². The standard InChI is InChI=1S/C18H24N2O5.C12H23N/c1-11-13-8-6-5-7-12(13)9-20(10-14(21)22)16(23)15(11)19-17(24)25-18(2,3)4;1-3-7-11(8-4-1)13-12-9-5-2-6-10-12/h5-8,11,15H,9-10H2,1-4H3,(H,19,24)(H,21,22);11-13H,1-10H2/t11-,15+;/m1./s1. The summed E-state index contributed by atoms with van der Waals surface area (Å²) in [5.41, 5.74) is 1.09. The highest BCUT2D eigenvalue weighted by atomic mass is 16.6. The van der Waals surface area contributed by atoms with Gasteiger partial charge in [-0.3, -0.25) is 9.59 Å². The molecule has 1 heterocycles. The fraction of sp³-hybridized carbons (Fsp3) is 0.700. The van der Waals surface area contributed by atoms with E-state index >= 15 is 0 Å². The number of carboxylic acid groups (broad SMARTS) is 1. The maximum absolute atomic E-state index is 12.9. The molecule has 0 saturated heterocycles. The van der Waals surface area contributed by atoms with Gasteiger partial charge in [-0.05, 0) is 57.6 Å². The van der Waals surface area contributed by atoms with Crippen LogP contribution in [0.5, 0.6) is 0 Å². The minimum absolute atomic E-state index is 0.193. The lowest BCUT2D eigenvalue weighted by molar-refractivity contribution is -0.145. The molecule has 0 unspecified atom stereocenters. The number of carbonyl (C=O) groups excluding carboxylic acids is 2. The number of ether oxygens (including phenoxy) is 1. The fourth-order valence-corrected chi connectivity index (χ4v) is 5.79. The fourth-order valence-electron chi connectivity index (χ4n) is 5.79. The second-order valence-electron chi connectivity index (χ2n) is 12.0. The molecule has 2 aliphatic carbocycles. The van der Waals surface area contributed by atoms with Crippen molar-refractivity contribution in [1.82, 2.24) is 15.5 Å². The lowest BCUT2D eigenvalue weighted by Gasteiger charge is -2.30. The van der Waals surface area contributed by atoms with E-state index in [0.717, 1.165) is 23.2 Å². The molecule has 4 rings (SSSR count). The van der Waals surface area contributed by atoms with Gasteiger partial charge < -0.3 is 25.4 Å². The van der Waals surface area contributed by atoms with Crippen molar-refractivity contribution in [3.8, 4) is 0 Å². The molecule has 8 heteroatoms. The van der Waals surface area contributed by atoms with E-state index in [-0.39, 0.29) is 12.5 Å². The topological polar surface area (TPSA) is 108 Å². The van der Waals surface area contributed by atoms with Gasteiger partial charge in [0.25, 0.3) is 0 Å². The van der Waals surface area contributed by atoms with Crippen molar-refractivity contribution in [2.75, 3.05) is 6.54 Å². The zero-order chi connectivity index (χ0) is 27.7. The number of hydrogen-bond donors (Lipinski definition) is 3. The number of hydrogen-bond acceptors (Lipinski definition) is 5. The van der Waals surface area contributed by atoms with Crippen molar-refractivity contribution in [1.29, 1.82) is 0 Å². The first-order chi connectivity index (χ1) is 18.0. The Morgan fingerprint density at radius 2 is 1.53 bits per heavy atom. The molecule has 2 fully saturated rings. The minimum Gasteiger partial charge on any atom is -0.480 e. The van der Waals surface area contributed by atoms with Gasteiger partial charge in [0.15, 0.2) is 0 Å². The van der Waals surface area contributed by atoms with Gasteiger partial charge in [0, 0.05) is 24.5 Å². The number of nitrogens with one attached hydrogen (secondary N) is 2. The predicted molar refractivity (Wildman–Crippen MR) is 148 cm³/mol. The number of benzene rings is 1. The molecule has 1 aliphatic heterocycles. The summed E-state index contributed by atoms with van der Waals surface area (Å²) in [5, 5.41) is 15.6. The molecule has 212 valence electrons. The van der Waals surface area contributed by atoms with Crippen LogP contribution in [-0.4, -0.2) is 58.2 Å². The van der Waals surface area contributed by atoms with Crippen LogP contribution in [0, 0.1) is 0 Å². The van der Waals surface area contributed by atoms with Crippen LogP contribution in [0.1, 0.15) is 109 Å². The minimum atomic E-state index is -1.10. The molecule has 0 radical (unpaired) electrons. The number of fused-ring (bicyclic) bond motifs is 1. The molecular formula is C30H47N3O5. The number of alkyl carbamates (subject to hydrolysis) is 1. The summed E-state index contributed by atoms with van der Waals surface area (Å²) < 4.78 is 5.25. The van der Waals surface area contributed by atoms with Crippen molar-refractivity contribution in [3.63, 3.8) is 0 Å². The summed E-state index contributed by atoms with van der Waals surface area (Å²) in [6.45, 7) is 6.80. The van der Waals surface area contributed by atoms with E-state index < -0.39 is 36.2 Å². The molecule has 2 amide bonds. The van der Waals surface area contributed by atoms with Crippen LogP contribution in [0.15, 0.2) is 24.3 Å². The number of amides is 2. The third kappa shape index (κ3) is 9.29. The van der Waals surface area contributed by atoms with Gasteiger partial charge in [0.05, 0.1) is 0 Å². The molecule has 1 aromatic rings. The van der Waals surface area contributed by atoms with E-state index in [2.05, 4.69) is 10.6 Å². The number of rotatable bonds is 5. The number of carbonyl (C=O) groups is 3. The Morgan fingerprint density at radius 3 is 2.05 bits per heavy atom. The van der Waals surface area contributed by atoms with E-state index in [1.54, 1.807) is 20.8 Å². The quantitative estimate of drug-likeness (QED) is 0.474. The Balaban J connectivity index is 0.000000256. The van der Waals surface area contributed by atoms with Gasteiger partial charge in [-0.1, -0.05) is 69.7 Å². The van der Waals surface area contributed by atoms with Crippen LogP contribution in [0.4, 0.5) is 4.79 Å². The largest absolute Gasteiger partial charge is 0.480 e. The lowest BCUT2D eigenvalue weighted by Crippen LogP contribution is -2.51. The van der Waals surface area contributed by atoms with Crippen molar-refractivity contribution >= 4 is 18.0 Å². The smallest absolute Gasteiger partial charge is 0.408 e. The Labute approximate surface area is 227 Å². The first-order valence-corrected chi connectivity index (χ1v) is 14.4. The predicted octanol–water partition coefficient (Wildman–Crippen LogP) is 5.35. The van der Waals surface area contributed by atoms with E-state index in [4.69, 9.17) is 9.84 Å². The molecule has 8 nitrogen and oxygen atoms in total. The molecule has 1 aromatic carbocycles. The Hall–Kier alpha value is -2.61. The average Bonchev–Trinajstić information content (AvgIpc) is 2.95.